The Morgan fingerprint density at radius 2 is 2.32 bits per heavy atom. The lowest BCUT2D eigenvalue weighted by atomic mass is 10.1. The molecule has 2 heterocycles. The van der Waals surface area contributed by atoms with E-state index in [9.17, 15) is 9.59 Å². The zero-order valence-corrected chi connectivity index (χ0v) is 11.5. The molecule has 104 valence electrons. The van der Waals surface area contributed by atoms with Crippen molar-refractivity contribution in [3.63, 3.8) is 0 Å². The van der Waals surface area contributed by atoms with Crippen LogP contribution in [-0.4, -0.2) is 38.1 Å². The Kier molecular flexibility index (Phi) is 5.35. The van der Waals surface area contributed by atoms with Gasteiger partial charge >= 0.3 is 0 Å². The summed E-state index contributed by atoms with van der Waals surface area (Å²) in [7, 11) is 0. The smallest absolute Gasteiger partial charge is 0.252 e. The number of hydrogen-bond donors (Lipinski definition) is 2. The minimum absolute atomic E-state index is 0.0301. The molecule has 0 radical (unpaired) electrons. The van der Waals surface area contributed by atoms with Gasteiger partial charge in [-0.05, 0) is 17.9 Å². The van der Waals surface area contributed by atoms with Crippen LogP contribution < -0.4 is 10.6 Å². The molecule has 1 aromatic rings. The summed E-state index contributed by atoms with van der Waals surface area (Å²) in [6, 6.07) is 1.76. The first-order valence-corrected chi connectivity index (χ1v) is 7.35. The maximum absolute atomic E-state index is 11.6. The number of carbonyl (C=O) groups excluding carboxylic acids is 2. The maximum Gasteiger partial charge on any atom is 0.252 e. The van der Waals surface area contributed by atoms with E-state index in [0.29, 0.717) is 31.0 Å². The van der Waals surface area contributed by atoms with Gasteiger partial charge in [0.2, 0.25) is 5.91 Å². The highest BCUT2D eigenvalue weighted by Gasteiger charge is 2.16. The summed E-state index contributed by atoms with van der Waals surface area (Å²) in [6.45, 7) is 2.55. The lowest BCUT2D eigenvalue weighted by molar-refractivity contribution is -0.121. The molecule has 19 heavy (non-hydrogen) atoms. The lowest BCUT2D eigenvalue weighted by Gasteiger charge is -2.09. The average Bonchev–Trinajstić information content (AvgIpc) is 3.09. The van der Waals surface area contributed by atoms with Crippen LogP contribution in [0.4, 0.5) is 0 Å². The molecule has 0 spiro atoms. The Balaban J connectivity index is 1.57. The molecule has 1 fully saturated rings. The van der Waals surface area contributed by atoms with Gasteiger partial charge in [0.25, 0.3) is 5.91 Å². The first kappa shape index (κ1) is 14.0. The van der Waals surface area contributed by atoms with Crippen LogP contribution in [0.15, 0.2) is 16.8 Å². The summed E-state index contributed by atoms with van der Waals surface area (Å²) in [5.74, 6) is 0.278. The van der Waals surface area contributed by atoms with E-state index in [4.69, 9.17) is 4.74 Å². The third-order valence-electron chi connectivity index (χ3n) is 3.03. The average molecular weight is 282 g/mol. The van der Waals surface area contributed by atoms with Gasteiger partial charge in [0.15, 0.2) is 0 Å². The standard InChI is InChI=1S/C13H18N2O3S/c16-12(15-7-10-2-5-18-8-10)1-4-14-13(17)11-3-6-19-9-11/h3,6,9-10H,1-2,4-5,7-8H2,(H,14,17)(H,15,16)/t10-/m1/s1. The molecule has 1 aliphatic rings. The van der Waals surface area contributed by atoms with Crippen molar-refractivity contribution in [1.29, 1.82) is 0 Å². The van der Waals surface area contributed by atoms with Crippen molar-refractivity contribution < 1.29 is 14.3 Å². The molecule has 0 aromatic carbocycles. The zero-order chi connectivity index (χ0) is 13.5. The molecule has 0 aliphatic carbocycles. The molecular weight excluding hydrogens is 264 g/mol. The normalized spacial score (nSPS) is 18.2. The van der Waals surface area contributed by atoms with Crippen LogP contribution in [-0.2, 0) is 9.53 Å². The molecule has 5 nitrogen and oxygen atoms in total. The number of rotatable bonds is 6. The third-order valence-corrected chi connectivity index (χ3v) is 3.72. The summed E-state index contributed by atoms with van der Waals surface area (Å²) >= 11 is 1.48. The Morgan fingerprint density at radius 1 is 1.42 bits per heavy atom. The minimum Gasteiger partial charge on any atom is -0.381 e. The van der Waals surface area contributed by atoms with Gasteiger partial charge in [0, 0.05) is 43.0 Å². The number of ether oxygens (including phenoxy) is 1. The molecular formula is C13H18N2O3S. The fraction of sp³-hybridized carbons (Fsp3) is 0.538. The van der Waals surface area contributed by atoms with E-state index in [-0.39, 0.29) is 11.8 Å². The van der Waals surface area contributed by atoms with Crippen LogP contribution in [0.2, 0.25) is 0 Å². The fourth-order valence-electron chi connectivity index (χ4n) is 1.88. The largest absolute Gasteiger partial charge is 0.381 e. The van der Waals surface area contributed by atoms with Crippen LogP contribution in [0, 0.1) is 5.92 Å². The maximum atomic E-state index is 11.6. The molecule has 6 heteroatoms. The van der Waals surface area contributed by atoms with Crippen LogP contribution in [0.3, 0.4) is 0 Å². The van der Waals surface area contributed by atoms with E-state index in [1.165, 1.54) is 11.3 Å². The van der Waals surface area contributed by atoms with Crippen molar-refractivity contribution in [2.24, 2.45) is 5.92 Å². The highest BCUT2D eigenvalue weighted by atomic mass is 32.1. The number of amides is 2. The lowest BCUT2D eigenvalue weighted by Crippen LogP contribution is -2.33. The van der Waals surface area contributed by atoms with Gasteiger partial charge in [-0.1, -0.05) is 0 Å². The first-order chi connectivity index (χ1) is 9.25. The number of thiophene rings is 1. The highest BCUT2D eigenvalue weighted by Crippen LogP contribution is 2.10. The summed E-state index contributed by atoms with van der Waals surface area (Å²) in [5, 5.41) is 9.23. The Labute approximate surface area is 116 Å². The van der Waals surface area contributed by atoms with Crippen LogP contribution >= 0.6 is 11.3 Å². The van der Waals surface area contributed by atoms with Gasteiger partial charge in [-0.3, -0.25) is 9.59 Å². The molecule has 1 atom stereocenters. The second-order valence-electron chi connectivity index (χ2n) is 4.55. The van der Waals surface area contributed by atoms with Crippen molar-refractivity contribution in [2.75, 3.05) is 26.3 Å². The van der Waals surface area contributed by atoms with E-state index in [0.717, 1.165) is 19.6 Å². The Bertz CT molecular complexity index is 414. The zero-order valence-electron chi connectivity index (χ0n) is 10.7. The number of nitrogens with one attached hydrogen (secondary N) is 2. The Hall–Kier alpha value is -1.40. The summed E-state index contributed by atoms with van der Waals surface area (Å²) in [6.07, 6.45) is 1.32. The molecule has 2 rings (SSSR count). The van der Waals surface area contributed by atoms with Crippen molar-refractivity contribution >= 4 is 23.2 Å². The van der Waals surface area contributed by atoms with Crippen molar-refractivity contribution in [3.05, 3.63) is 22.4 Å². The quantitative estimate of drug-likeness (QED) is 0.818. The van der Waals surface area contributed by atoms with Crippen molar-refractivity contribution in [2.45, 2.75) is 12.8 Å². The monoisotopic (exact) mass is 282 g/mol. The van der Waals surface area contributed by atoms with Gasteiger partial charge in [-0.15, -0.1) is 0 Å². The van der Waals surface area contributed by atoms with Gasteiger partial charge in [0.05, 0.1) is 6.61 Å². The predicted molar refractivity (Wildman–Crippen MR) is 73.2 cm³/mol. The number of hydrogen-bond acceptors (Lipinski definition) is 4. The first-order valence-electron chi connectivity index (χ1n) is 6.40. The van der Waals surface area contributed by atoms with Crippen LogP contribution in [0.25, 0.3) is 0 Å². The van der Waals surface area contributed by atoms with E-state index in [1.807, 2.05) is 5.38 Å². The fourth-order valence-corrected chi connectivity index (χ4v) is 2.51. The predicted octanol–water partition coefficient (Wildman–Crippen LogP) is 1.02. The molecule has 0 saturated carbocycles. The van der Waals surface area contributed by atoms with E-state index >= 15 is 0 Å². The summed E-state index contributed by atoms with van der Waals surface area (Å²) < 4.78 is 5.24. The van der Waals surface area contributed by atoms with Crippen LogP contribution in [0.1, 0.15) is 23.2 Å². The van der Waals surface area contributed by atoms with Crippen molar-refractivity contribution in [1.82, 2.24) is 10.6 Å². The summed E-state index contributed by atoms with van der Waals surface area (Å²) in [4.78, 5) is 23.2. The summed E-state index contributed by atoms with van der Waals surface area (Å²) in [5.41, 5.74) is 0.647. The molecule has 0 bridgehead atoms. The number of carbonyl (C=O) groups is 2. The van der Waals surface area contributed by atoms with E-state index < -0.39 is 0 Å². The molecule has 2 amide bonds. The van der Waals surface area contributed by atoms with Crippen LogP contribution in [0.5, 0.6) is 0 Å². The second-order valence-corrected chi connectivity index (χ2v) is 5.33. The molecule has 1 aromatic heterocycles. The van der Waals surface area contributed by atoms with Gasteiger partial charge in [-0.2, -0.15) is 11.3 Å². The van der Waals surface area contributed by atoms with Gasteiger partial charge < -0.3 is 15.4 Å². The van der Waals surface area contributed by atoms with Gasteiger partial charge in [0.1, 0.15) is 0 Å². The second kappa shape index (κ2) is 7.25. The molecule has 1 saturated heterocycles. The van der Waals surface area contributed by atoms with E-state index in [2.05, 4.69) is 10.6 Å². The van der Waals surface area contributed by atoms with E-state index in [1.54, 1.807) is 11.4 Å². The molecule has 2 N–H and O–H groups in total. The SMILES string of the molecule is O=C(CCNC(=O)c1ccsc1)NC[C@H]1CCOC1. The third kappa shape index (κ3) is 4.65. The molecule has 1 aliphatic heterocycles. The highest BCUT2D eigenvalue weighted by molar-refractivity contribution is 7.08. The Morgan fingerprint density at radius 3 is 3.00 bits per heavy atom. The topological polar surface area (TPSA) is 67.4 Å². The molecule has 0 unspecified atom stereocenters. The minimum atomic E-state index is -0.127. The van der Waals surface area contributed by atoms with Gasteiger partial charge in [-0.25, -0.2) is 0 Å². The van der Waals surface area contributed by atoms with Crippen molar-refractivity contribution in [3.8, 4) is 0 Å².